The largest absolute Gasteiger partial charge is 0.356 e. The molecule has 2 heterocycles. The summed E-state index contributed by atoms with van der Waals surface area (Å²) in [5.74, 6) is 1.87. The van der Waals surface area contributed by atoms with Crippen molar-refractivity contribution in [3.63, 3.8) is 0 Å². The van der Waals surface area contributed by atoms with Crippen molar-refractivity contribution in [1.82, 2.24) is 19.6 Å². The van der Waals surface area contributed by atoms with Gasteiger partial charge in [-0.3, -0.25) is 4.79 Å². The topological polar surface area (TPSA) is 95.5 Å². The van der Waals surface area contributed by atoms with Gasteiger partial charge in [-0.15, -0.1) is 0 Å². The van der Waals surface area contributed by atoms with Gasteiger partial charge in [-0.05, 0) is 68.7 Å². The Morgan fingerprint density at radius 1 is 1.14 bits per heavy atom. The van der Waals surface area contributed by atoms with Crippen LogP contribution in [0.1, 0.15) is 72.2 Å². The summed E-state index contributed by atoms with van der Waals surface area (Å²) >= 11 is 0. The first-order valence-corrected chi connectivity index (χ1v) is 14.1. The van der Waals surface area contributed by atoms with Crippen LogP contribution in [0.3, 0.4) is 0 Å². The fourth-order valence-electron chi connectivity index (χ4n) is 5.27. The molecule has 0 saturated carbocycles. The lowest BCUT2D eigenvalue weighted by Gasteiger charge is -2.37. The van der Waals surface area contributed by atoms with Crippen LogP contribution in [0.25, 0.3) is 0 Å². The smallest absolute Gasteiger partial charge is 0.253 e. The van der Waals surface area contributed by atoms with Gasteiger partial charge in [0.1, 0.15) is 11.6 Å². The summed E-state index contributed by atoms with van der Waals surface area (Å²) in [6.07, 6.45) is 3.27. The second kappa shape index (κ2) is 10.2. The van der Waals surface area contributed by atoms with Crippen LogP contribution < -0.4 is 9.62 Å². The summed E-state index contributed by atoms with van der Waals surface area (Å²) in [6.45, 7) is 9.35. The quantitative estimate of drug-likeness (QED) is 0.627. The summed E-state index contributed by atoms with van der Waals surface area (Å²) in [7, 11) is -1.49. The summed E-state index contributed by atoms with van der Waals surface area (Å²) in [4.78, 5) is 26.4. The number of nitrogens with one attached hydrogen (secondary N) is 1. The Balaban J connectivity index is 1.42. The van der Waals surface area contributed by atoms with Crippen molar-refractivity contribution in [3.8, 4) is 0 Å². The van der Waals surface area contributed by atoms with Crippen LogP contribution in [-0.4, -0.2) is 61.1 Å². The van der Waals surface area contributed by atoms with E-state index >= 15 is 0 Å². The van der Waals surface area contributed by atoms with Gasteiger partial charge in [0.05, 0.1) is 5.75 Å². The van der Waals surface area contributed by atoms with E-state index in [1.54, 1.807) is 0 Å². The number of nitrogens with zero attached hydrogens (tertiary/aromatic N) is 4. The lowest BCUT2D eigenvalue weighted by molar-refractivity contribution is 0.0709. The van der Waals surface area contributed by atoms with Gasteiger partial charge >= 0.3 is 0 Å². The Hall–Kier alpha value is -2.52. The first kappa shape index (κ1) is 25.6. The maximum Gasteiger partial charge on any atom is 0.253 e. The van der Waals surface area contributed by atoms with Gasteiger partial charge in [-0.2, -0.15) is 0 Å². The minimum Gasteiger partial charge on any atom is -0.356 e. The van der Waals surface area contributed by atoms with Gasteiger partial charge in [0.25, 0.3) is 5.91 Å². The lowest BCUT2D eigenvalue weighted by Crippen LogP contribution is -2.46. The first-order valence-electron chi connectivity index (χ1n) is 12.5. The van der Waals surface area contributed by atoms with Gasteiger partial charge in [-0.1, -0.05) is 19.9 Å². The molecule has 35 heavy (non-hydrogen) atoms. The normalized spacial score (nSPS) is 18.7. The predicted molar refractivity (Wildman–Crippen MR) is 138 cm³/mol. The van der Waals surface area contributed by atoms with E-state index in [-0.39, 0.29) is 29.7 Å². The van der Waals surface area contributed by atoms with E-state index in [1.807, 2.05) is 63.9 Å². The van der Waals surface area contributed by atoms with E-state index in [0.717, 1.165) is 67.2 Å². The van der Waals surface area contributed by atoms with E-state index in [4.69, 9.17) is 0 Å². The highest BCUT2D eigenvalue weighted by Gasteiger charge is 2.30. The van der Waals surface area contributed by atoms with Crippen LogP contribution >= 0.6 is 0 Å². The van der Waals surface area contributed by atoms with Crippen LogP contribution in [0.4, 0.5) is 5.82 Å². The third-order valence-electron chi connectivity index (χ3n) is 6.95. The Morgan fingerprint density at radius 3 is 2.51 bits per heavy atom. The second-order valence-electron chi connectivity index (χ2n) is 10.3. The number of hydrogen-bond donors (Lipinski definition) is 1. The van der Waals surface area contributed by atoms with Gasteiger partial charge in [-0.25, -0.2) is 23.1 Å². The Morgan fingerprint density at radius 2 is 1.86 bits per heavy atom. The SMILES string of the molecule is Cc1cc(N2CCC(N(C)C(=O)c3ccc4c(c3)[C@H](NS(=O)(=O)CC(C)C)CC4)CC2)nc(C)n1. The van der Waals surface area contributed by atoms with Crippen molar-refractivity contribution in [2.75, 3.05) is 30.8 Å². The Bertz CT molecular complexity index is 1170. The number of fused-ring (bicyclic) bond motifs is 1. The average Bonchev–Trinajstić information content (AvgIpc) is 3.18. The van der Waals surface area contributed by atoms with E-state index < -0.39 is 10.0 Å². The highest BCUT2D eigenvalue weighted by molar-refractivity contribution is 7.89. The molecule has 1 aliphatic heterocycles. The Labute approximate surface area is 209 Å². The van der Waals surface area contributed by atoms with Crippen molar-refractivity contribution in [2.24, 2.45) is 5.92 Å². The molecule has 1 aliphatic carbocycles. The molecule has 1 fully saturated rings. The standard InChI is InChI=1S/C26H37N5O3S/c1-17(2)16-35(33,34)29-24-9-8-20-6-7-21(15-23(20)24)26(32)30(5)22-10-12-31(13-11-22)25-14-18(3)27-19(4)28-25/h6-7,14-15,17,22,24,29H,8-13,16H2,1-5H3/t24-/m1/s1. The fraction of sp³-hybridized carbons (Fsp3) is 0.577. The molecule has 2 aliphatic rings. The summed E-state index contributed by atoms with van der Waals surface area (Å²) in [6, 6.07) is 7.65. The van der Waals surface area contributed by atoms with Gasteiger partial charge in [0, 0.05) is 49.5 Å². The molecule has 1 aromatic heterocycles. The zero-order valence-electron chi connectivity index (χ0n) is 21.4. The number of amides is 1. The van der Waals surface area contributed by atoms with Crippen LogP contribution in [0.5, 0.6) is 0 Å². The fourth-order valence-corrected chi connectivity index (χ4v) is 6.92. The highest BCUT2D eigenvalue weighted by atomic mass is 32.2. The minimum atomic E-state index is -3.37. The van der Waals surface area contributed by atoms with Gasteiger partial charge in [0.15, 0.2) is 0 Å². The van der Waals surface area contributed by atoms with Crippen LogP contribution in [0.15, 0.2) is 24.3 Å². The number of rotatable bonds is 7. The maximum absolute atomic E-state index is 13.4. The van der Waals surface area contributed by atoms with Crippen LogP contribution in [0.2, 0.25) is 0 Å². The number of aryl methyl sites for hydroxylation is 3. The van der Waals surface area contributed by atoms with E-state index in [2.05, 4.69) is 19.6 Å². The number of sulfonamides is 1. The molecule has 2 aromatic rings. The van der Waals surface area contributed by atoms with E-state index in [0.29, 0.717) is 5.56 Å². The number of piperidine rings is 1. The zero-order valence-corrected chi connectivity index (χ0v) is 22.2. The van der Waals surface area contributed by atoms with Gasteiger partial charge < -0.3 is 9.80 Å². The van der Waals surface area contributed by atoms with E-state index in [1.165, 1.54) is 0 Å². The number of benzene rings is 1. The molecule has 1 saturated heterocycles. The van der Waals surface area contributed by atoms with Crippen LogP contribution in [0, 0.1) is 19.8 Å². The maximum atomic E-state index is 13.4. The van der Waals surface area contributed by atoms with Crippen molar-refractivity contribution in [2.45, 2.75) is 65.5 Å². The molecule has 0 radical (unpaired) electrons. The molecular formula is C26H37N5O3S. The molecule has 0 bridgehead atoms. The molecule has 1 atom stereocenters. The van der Waals surface area contributed by atoms with Crippen molar-refractivity contribution in [1.29, 1.82) is 0 Å². The van der Waals surface area contributed by atoms with E-state index in [9.17, 15) is 13.2 Å². The molecule has 0 spiro atoms. The van der Waals surface area contributed by atoms with Crippen molar-refractivity contribution in [3.05, 3.63) is 52.5 Å². The number of anilines is 1. The monoisotopic (exact) mass is 499 g/mol. The van der Waals surface area contributed by atoms with Gasteiger partial charge in [0.2, 0.25) is 10.0 Å². The summed E-state index contributed by atoms with van der Waals surface area (Å²) in [5, 5.41) is 0. The number of carbonyl (C=O) groups excluding carboxylic acids is 1. The molecular weight excluding hydrogens is 462 g/mol. The number of carbonyl (C=O) groups is 1. The highest BCUT2D eigenvalue weighted by Crippen LogP contribution is 2.33. The third-order valence-corrected chi connectivity index (χ3v) is 8.70. The zero-order chi connectivity index (χ0) is 25.3. The molecule has 190 valence electrons. The molecule has 1 amide bonds. The Kier molecular flexibility index (Phi) is 7.47. The minimum absolute atomic E-state index is 0.0179. The molecule has 0 unspecified atom stereocenters. The number of aromatic nitrogens is 2. The molecule has 4 rings (SSSR count). The lowest BCUT2D eigenvalue weighted by atomic mass is 10.0. The molecule has 9 heteroatoms. The number of hydrogen-bond acceptors (Lipinski definition) is 6. The second-order valence-corrected chi connectivity index (χ2v) is 12.1. The third kappa shape index (κ3) is 6.01. The van der Waals surface area contributed by atoms with Crippen molar-refractivity contribution >= 4 is 21.7 Å². The molecule has 1 aromatic carbocycles. The van der Waals surface area contributed by atoms with Crippen molar-refractivity contribution < 1.29 is 13.2 Å². The summed E-state index contributed by atoms with van der Waals surface area (Å²) in [5.41, 5.74) is 3.63. The predicted octanol–water partition coefficient (Wildman–Crippen LogP) is 3.40. The molecule has 1 N–H and O–H groups in total. The summed E-state index contributed by atoms with van der Waals surface area (Å²) < 4.78 is 27.9. The first-order chi connectivity index (χ1) is 16.5. The molecule has 8 nitrogen and oxygen atoms in total. The van der Waals surface area contributed by atoms with Crippen LogP contribution in [-0.2, 0) is 16.4 Å². The average molecular weight is 500 g/mol.